The molecular weight excluding hydrogens is 254 g/mol. The maximum atomic E-state index is 5.98. The van der Waals surface area contributed by atoms with E-state index in [-0.39, 0.29) is 0 Å². The van der Waals surface area contributed by atoms with Gasteiger partial charge < -0.3 is 20.5 Å². The highest BCUT2D eigenvalue weighted by Crippen LogP contribution is 2.13. The summed E-state index contributed by atoms with van der Waals surface area (Å²) >= 11 is 0. The molecular formula is C15H27N3O2. The van der Waals surface area contributed by atoms with Crippen molar-refractivity contribution in [2.24, 2.45) is 0 Å². The van der Waals surface area contributed by atoms with Crippen LogP contribution in [0.5, 0.6) is 0 Å². The first-order chi connectivity index (χ1) is 9.77. The Labute approximate surface area is 121 Å². The highest BCUT2D eigenvalue weighted by molar-refractivity contribution is 5.44. The minimum Gasteiger partial charge on any atom is -0.398 e. The second-order valence-electron chi connectivity index (χ2n) is 4.82. The molecule has 0 aliphatic carbocycles. The summed E-state index contributed by atoms with van der Waals surface area (Å²) in [5.41, 5.74) is 7.88. The van der Waals surface area contributed by atoms with Gasteiger partial charge in [0.15, 0.2) is 0 Å². The standard InChI is InChI=1S/C15H27N3O2/c1-3-6-18-14(5-8-20-10-9-19-2)11-13-12-17-7-4-15(13)16/h4,7,12,14,18H,3,5-6,8-11H2,1-2H3,(H2,16,17). The van der Waals surface area contributed by atoms with Crippen LogP contribution in [-0.2, 0) is 15.9 Å². The van der Waals surface area contributed by atoms with Crippen LogP contribution in [0.4, 0.5) is 5.69 Å². The first-order valence-electron chi connectivity index (χ1n) is 7.26. The topological polar surface area (TPSA) is 69.4 Å². The number of aromatic nitrogens is 1. The average Bonchev–Trinajstić information content (AvgIpc) is 2.46. The van der Waals surface area contributed by atoms with Gasteiger partial charge in [0.2, 0.25) is 0 Å². The highest BCUT2D eigenvalue weighted by atomic mass is 16.5. The molecule has 1 aromatic heterocycles. The summed E-state index contributed by atoms with van der Waals surface area (Å²) in [6.07, 6.45) is 6.53. The van der Waals surface area contributed by atoms with Gasteiger partial charge >= 0.3 is 0 Å². The zero-order valence-corrected chi connectivity index (χ0v) is 12.6. The first kappa shape index (κ1) is 16.9. The molecule has 1 atom stereocenters. The number of nitrogen functional groups attached to an aromatic ring is 1. The second-order valence-corrected chi connectivity index (χ2v) is 4.82. The molecule has 1 rings (SSSR count). The molecule has 0 radical (unpaired) electrons. The number of anilines is 1. The number of hydrogen-bond donors (Lipinski definition) is 2. The molecule has 0 bridgehead atoms. The van der Waals surface area contributed by atoms with Crippen molar-refractivity contribution in [3.8, 4) is 0 Å². The van der Waals surface area contributed by atoms with Crippen LogP contribution in [-0.4, -0.2) is 44.5 Å². The lowest BCUT2D eigenvalue weighted by Gasteiger charge is -2.19. The Morgan fingerprint density at radius 2 is 2.20 bits per heavy atom. The van der Waals surface area contributed by atoms with Gasteiger partial charge in [-0.1, -0.05) is 6.92 Å². The minimum atomic E-state index is 0.365. The predicted octanol–water partition coefficient (Wildman–Crippen LogP) is 1.63. The molecule has 0 saturated carbocycles. The number of nitrogens with zero attached hydrogens (tertiary/aromatic N) is 1. The van der Waals surface area contributed by atoms with Gasteiger partial charge in [0.05, 0.1) is 13.2 Å². The third-order valence-corrected chi connectivity index (χ3v) is 3.13. The molecule has 0 aliphatic rings. The van der Waals surface area contributed by atoms with Crippen LogP contribution in [0.1, 0.15) is 25.3 Å². The Bertz CT molecular complexity index is 361. The van der Waals surface area contributed by atoms with Crippen molar-refractivity contribution >= 4 is 5.69 Å². The van der Waals surface area contributed by atoms with E-state index < -0.39 is 0 Å². The molecule has 0 saturated heterocycles. The van der Waals surface area contributed by atoms with Crippen molar-refractivity contribution in [2.75, 3.05) is 39.2 Å². The van der Waals surface area contributed by atoms with E-state index in [9.17, 15) is 0 Å². The molecule has 114 valence electrons. The lowest BCUT2D eigenvalue weighted by molar-refractivity contribution is 0.0658. The van der Waals surface area contributed by atoms with Gasteiger partial charge in [-0.25, -0.2) is 0 Å². The Kier molecular flexibility index (Phi) is 8.95. The summed E-state index contributed by atoms with van der Waals surface area (Å²) in [6, 6.07) is 2.21. The molecule has 0 fully saturated rings. The number of nitrogens with two attached hydrogens (primary N) is 1. The quantitative estimate of drug-likeness (QED) is 0.603. The zero-order valence-electron chi connectivity index (χ0n) is 12.6. The number of pyridine rings is 1. The van der Waals surface area contributed by atoms with Crippen molar-refractivity contribution in [1.82, 2.24) is 10.3 Å². The molecule has 1 unspecified atom stereocenters. The second kappa shape index (κ2) is 10.6. The Morgan fingerprint density at radius 3 is 2.90 bits per heavy atom. The molecule has 20 heavy (non-hydrogen) atoms. The largest absolute Gasteiger partial charge is 0.398 e. The van der Waals surface area contributed by atoms with Crippen LogP contribution in [0.15, 0.2) is 18.5 Å². The van der Waals surface area contributed by atoms with Gasteiger partial charge in [-0.15, -0.1) is 0 Å². The Hall–Kier alpha value is -1.17. The fourth-order valence-corrected chi connectivity index (χ4v) is 1.97. The number of rotatable bonds is 11. The van der Waals surface area contributed by atoms with Crippen LogP contribution >= 0.6 is 0 Å². The van der Waals surface area contributed by atoms with Crippen molar-refractivity contribution < 1.29 is 9.47 Å². The van der Waals surface area contributed by atoms with Crippen molar-refractivity contribution in [2.45, 2.75) is 32.2 Å². The average molecular weight is 281 g/mol. The van der Waals surface area contributed by atoms with Crippen molar-refractivity contribution in [3.05, 3.63) is 24.0 Å². The Morgan fingerprint density at radius 1 is 1.35 bits per heavy atom. The van der Waals surface area contributed by atoms with E-state index in [2.05, 4.69) is 17.2 Å². The fraction of sp³-hybridized carbons (Fsp3) is 0.667. The summed E-state index contributed by atoms with van der Waals surface area (Å²) in [4.78, 5) is 4.14. The fourth-order valence-electron chi connectivity index (χ4n) is 1.97. The van der Waals surface area contributed by atoms with Crippen molar-refractivity contribution in [1.29, 1.82) is 0 Å². The monoisotopic (exact) mass is 281 g/mol. The van der Waals surface area contributed by atoms with E-state index in [1.807, 2.05) is 12.3 Å². The van der Waals surface area contributed by atoms with E-state index in [4.69, 9.17) is 15.2 Å². The number of methoxy groups -OCH3 is 1. The normalized spacial score (nSPS) is 12.5. The molecule has 0 amide bonds. The van der Waals surface area contributed by atoms with Crippen LogP contribution in [0.2, 0.25) is 0 Å². The molecule has 1 heterocycles. The summed E-state index contributed by atoms with van der Waals surface area (Å²) in [6.45, 7) is 5.18. The molecule has 0 aliphatic heterocycles. The van der Waals surface area contributed by atoms with Crippen LogP contribution in [0.3, 0.4) is 0 Å². The van der Waals surface area contributed by atoms with E-state index in [0.717, 1.165) is 43.7 Å². The lowest BCUT2D eigenvalue weighted by Crippen LogP contribution is -2.33. The summed E-state index contributed by atoms with van der Waals surface area (Å²) in [5, 5.41) is 3.54. The molecule has 0 spiro atoms. The highest BCUT2D eigenvalue weighted by Gasteiger charge is 2.11. The smallest absolute Gasteiger partial charge is 0.0700 e. The van der Waals surface area contributed by atoms with E-state index in [1.165, 1.54) is 0 Å². The third-order valence-electron chi connectivity index (χ3n) is 3.13. The summed E-state index contributed by atoms with van der Waals surface area (Å²) < 4.78 is 10.5. The van der Waals surface area contributed by atoms with Gasteiger partial charge in [0, 0.05) is 37.8 Å². The van der Waals surface area contributed by atoms with Crippen LogP contribution in [0.25, 0.3) is 0 Å². The van der Waals surface area contributed by atoms with Gasteiger partial charge in [0.25, 0.3) is 0 Å². The van der Waals surface area contributed by atoms with Crippen LogP contribution < -0.4 is 11.1 Å². The first-order valence-corrected chi connectivity index (χ1v) is 7.26. The SMILES string of the molecule is CCCNC(CCOCCOC)Cc1cnccc1N. The maximum Gasteiger partial charge on any atom is 0.0700 e. The Balaban J connectivity index is 2.41. The van der Waals surface area contributed by atoms with Gasteiger partial charge in [0.1, 0.15) is 0 Å². The molecule has 0 aromatic carbocycles. The minimum absolute atomic E-state index is 0.365. The molecule has 5 nitrogen and oxygen atoms in total. The summed E-state index contributed by atoms with van der Waals surface area (Å²) in [5.74, 6) is 0. The van der Waals surface area contributed by atoms with Crippen LogP contribution in [0, 0.1) is 0 Å². The third kappa shape index (κ3) is 6.84. The van der Waals surface area contributed by atoms with Crippen molar-refractivity contribution in [3.63, 3.8) is 0 Å². The number of nitrogens with one attached hydrogen (secondary N) is 1. The van der Waals surface area contributed by atoms with E-state index in [1.54, 1.807) is 13.3 Å². The predicted molar refractivity (Wildman–Crippen MR) is 81.7 cm³/mol. The van der Waals surface area contributed by atoms with E-state index >= 15 is 0 Å². The number of hydrogen-bond acceptors (Lipinski definition) is 5. The van der Waals surface area contributed by atoms with Gasteiger partial charge in [-0.3, -0.25) is 4.98 Å². The van der Waals surface area contributed by atoms with Gasteiger partial charge in [-0.05, 0) is 37.4 Å². The molecule has 5 heteroatoms. The molecule has 1 aromatic rings. The zero-order chi connectivity index (χ0) is 14.6. The summed E-state index contributed by atoms with van der Waals surface area (Å²) in [7, 11) is 1.68. The number of ether oxygens (including phenoxy) is 2. The van der Waals surface area contributed by atoms with E-state index in [0.29, 0.717) is 19.3 Å². The maximum absolute atomic E-state index is 5.98. The molecule has 3 N–H and O–H groups in total. The van der Waals surface area contributed by atoms with Gasteiger partial charge in [-0.2, -0.15) is 0 Å². The lowest BCUT2D eigenvalue weighted by atomic mass is 10.0.